The van der Waals surface area contributed by atoms with Crippen LogP contribution in [-0.2, 0) is 4.79 Å². The molecule has 29 heavy (non-hydrogen) atoms. The molecule has 2 aromatic carbocycles. The Bertz CT molecular complexity index is 837. The van der Waals surface area contributed by atoms with Crippen molar-refractivity contribution in [2.24, 2.45) is 0 Å². The number of hydrogen-bond donors (Lipinski definition) is 1. The first-order valence-corrected chi connectivity index (χ1v) is 10.4. The molecule has 4 heteroatoms. The van der Waals surface area contributed by atoms with E-state index in [0.29, 0.717) is 12.3 Å². The molecule has 0 spiro atoms. The van der Waals surface area contributed by atoms with Crippen LogP contribution in [0.5, 0.6) is 11.5 Å². The van der Waals surface area contributed by atoms with Gasteiger partial charge in [0.1, 0.15) is 11.5 Å². The molecule has 1 amide bonds. The highest BCUT2D eigenvalue weighted by molar-refractivity contribution is 5.81. The second kappa shape index (κ2) is 9.82. The fourth-order valence-electron chi connectivity index (χ4n) is 3.68. The van der Waals surface area contributed by atoms with Crippen molar-refractivity contribution in [1.82, 2.24) is 5.32 Å². The van der Waals surface area contributed by atoms with Crippen LogP contribution in [0.25, 0.3) is 0 Å². The van der Waals surface area contributed by atoms with Crippen LogP contribution in [0.2, 0.25) is 0 Å². The first kappa shape index (κ1) is 22.8. The highest BCUT2D eigenvalue weighted by Gasteiger charge is 2.22. The monoisotopic (exact) mass is 397 g/mol. The third-order valence-electron chi connectivity index (χ3n) is 5.20. The molecule has 0 bridgehead atoms. The number of aryl methyl sites for hydroxylation is 3. The lowest BCUT2D eigenvalue weighted by molar-refractivity contribution is -0.128. The molecule has 2 rings (SSSR count). The van der Waals surface area contributed by atoms with Gasteiger partial charge >= 0.3 is 0 Å². The van der Waals surface area contributed by atoms with Gasteiger partial charge in [0.25, 0.3) is 5.91 Å². The summed E-state index contributed by atoms with van der Waals surface area (Å²) in [7, 11) is 1.70. The summed E-state index contributed by atoms with van der Waals surface area (Å²) in [4.78, 5) is 12.9. The van der Waals surface area contributed by atoms with E-state index < -0.39 is 6.10 Å². The molecule has 1 N–H and O–H groups in total. The quantitative estimate of drug-likeness (QED) is 0.614. The van der Waals surface area contributed by atoms with E-state index in [1.165, 1.54) is 0 Å². The van der Waals surface area contributed by atoms with Crippen molar-refractivity contribution in [1.29, 1.82) is 0 Å². The van der Waals surface area contributed by atoms with Crippen LogP contribution in [-0.4, -0.2) is 19.1 Å². The number of carbonyl (C=O) groups is 1. The van der Waals surface area contributed by atoms with Gasteiger partial charge in [-0.15, -0.1) is 0 Å². The number of nitrogens with one attached hydrogen (secondary N) is 1. The van der Waals surface area contributed by atoms with Gasteiger partial charge in [0.2, 0.25) is 0 Å². The van der Waals surface area contributed by atoms with E-state index in [-0.39, 0.29) is 11.9 Å². The van der Waals surface area contributed by atoms with Gasteiger partial charge in [0.15, 0.2) is 6.10 Å². The standard InChI is InChI=1S/C25H35NO3/c1-9-23(29-20-11-16(4)10-17(5)12-20)25(27)26-19(7)22-14-21(15(2)3)24(28-8)13-18(22)6/h10-15,19,23H,9H2,1-8H3,(H,26,27)/t19-,23-/m0/s1. The van der Waals surface area contributed by atoms with Crippen molar-refractivity contribution in [2.75, 3.05) is 7.11 Å². The minimum atomic E-state index is -0.526. The molecule has 0 radical (unpaired) electrons. The van der Waals surface area contributed by atoms with Crippen LogP contribution >= 0.6 is 0 Å². The van der Waals surface area contributed by atoms with E-state index in [1.807, 2.05) is 46.8 Å². The minimum absolute atomic E-state index is 0.0968. The normalized spacial score (nSPS) is 13.1. The third kappa shape index (κ3) is 5.75. The summed E-state index contributed by atoms with van der Waals surface area (Å²) in [6.07, 6.45) is 0.0754. The van der Waals surface area contributed by atoms with E-state index in [4.69, 9.17) is 9.47 Å². The lowest BCUT2D eigenvalue weighted by Crippen LogP contribution is -2.39. The smallest absolute Gasteiger partial charge is 0.261 e. The Balaban J connectivity index is 2.19. The maximum atomic E-state index is 12.9. The van der Waals surface area contributed by atoms with Gasteiger partial charge in [-0.1, -0.05) is 26.8 Å². The molecule has 0 saturated heterocycles. The van der Waals surface area contributed by atoms with Crippen molar-refractivity contribution in [3.05, 3.63) is 58.1 Å². The molecule has 0 aliphatic heterocycles. The van der Waals surface area contributed by atoms with Crippen molar-refractivity contribution in [3.63, 3.8) is 0 Å². The highest BCUT2D eigenvalue weighted by atomic mass is 16.5. The lowest BCUT2D eigenvalue weighted by atomic mass is 9.93. The number of hydrogen-bond acceptors (Lipinski definition) is 3. The number of benzene rings is 2. The maximum Gasteiger partial charge on any atom is 0.261 e. The molecule has 2 atom stereocenters. The number of rotatable bonds is 8. The van der Waals surface area contributed by atoms with Gasteiger partial charge in [0.05, 0.1) is 13.2 Å². The Labute approximate surface area is 175 Å². The molecule has 0 aliphatic rings. The van der Waals surface area contributed by atoms with E-state index in [1.54, 1.807) is 7.11 Å². The van der Waals surface area contributed by atoms with E-state index in [9.17, 15) is 4.79 Å². The summed E-state index contributed by atoms with van der Waals surface area (Å²) in [6.45, 7) is 14.4. The molecule has 0 saturated carbocycles. The topological polar surface area (TPSA) is 47.6 Å². The summed E-state index contributed by atoms with van der Waals surface area (Å²) in [5.74, 6) is 1.87. The van der Waals surface area contributed by atoms with Crippen LogP contribution < -0.4 is 14.8 Å². The van der Waals surface area contributed by atoms with Crippen molar-refractivity contribution in [3.8, 4) is 11.5 Å². The molecule has 2 aromatic rings. The summed E-state index contributed by atoms with van der Waals surface area (Å²) in [6, 6.07) is 10.1. The largest absolute Gasteiger partial charge is 0.496 e. The predicted molar refractivity (Wildman–Crippen MR) is 119 cm³/mol. The molecular weight excluding hydrogens is 362 g/mol. The predicted octanol–water partition coefficient (Wildman–Crippen LogP) is 5.78. The maximum absolute atomic E-state index is 12.9. The van der Waals surface area contributed by atoms with Crippen LogP contribution in [0.15, 0.2) is 30.3 Å². The Morgan fingerprint density at radius 1 is 0.966 bits per heavy atom. The molecule has 0 aliphatic carbocycles. The van der Waals surface area contributed by atoms with E-state index >= 15 is 0 Å². The Hall–Kier alpha value is -2.49. The van der Waals surface area contributed by atoms with Crippen LogP contribution in [0, 0.1) is 20.8 Å². The summed E-state index contributed by atoms with van der Waals surface area (Å²) < 4.78 is 11.6. The zero-order valence-corrected chi connectivity index (χ0v) is 19.1. The average Bonchev–Trinajstić information content (AvgIpc) is 2.64. The fraction of sp³-hybridized carbons (Fsp3) is 0.480. The minimum Gasteiger partial charge on any atom is -0.496 e. The Morgan fingerprint density at radius 2 is 1.59 bits per heavy atom. The van der Waals surface area contributed by atoms with E-state index in [2.05, 4.69) is 37.4 Å². The zero-order chi connectivity index (χ0) is 21.7. The van der Waals surface area contributed by atoms with Gasteiger partial charge in [-0.05, 0) is 92.1 Å². The van der Waals surface area contributed by atoms with Gasteiger partial charge in [-0.25, -0.2) is 0 Å². The average molecular weight is 398 g/mol. The molecular formula is C25H35NO3. The van der Waals surface area contributed by atoms with Gasteiger partial charge in [0, 0.05) is 0 Å². The van der Waals surface area contributed by atoms with Crippen molar-refractivity contribution >= 4 is 5.91 Å². The number of ether oxygens (including phenoxy) is 2. The molecule has 0 heterocycles. The van der Waals surface area contributed by atoms with Gasteiger partial charge < -0.3 is 14.8 Å². The lowest BCUT2D eigenvalue weighted by Gasteiger charge is -2.24. The molecule has 158 valence electrons. The molecule has 4 nitrogen and oxygen atoms in total. The number of methoxy groups -OCH3 is 1. The third-order valence-corrected chi connectivity index (χ3v) is 5.20. The highest BCUT2D eigenvalue weighted by Crippen LogP contribution is 2.32. The molecule has 0 fully saturated rings. The van der Waals surface area contributed by atoms with Crippen LogP contribution in [0.4, 0.5) is 0 Å². The first-order chi connectivity index (χ1) is 13.7. The van der Waals surface area contributed by atoms with Gasteiger partial charge in [-0.3, -0.25) is 4.79 Å². The summed E-state index contributed by atoms with van der Waals surface area (Å²) in [5.41, 5.74) is 5.59. The second-order valence-corrected chi connectivity index (χ2v) is 8.17. The van der Waals surface area contributed by atoms with E-state index in [0.717, 1.165) is 39.3 Å². The number of carbonyl (C=O) groups excluding carboxylic acids is 1. The molecule has 0 unspecified atom stereocenters. The van der Waals surface area contributed by atoms with Crippen LogP contribution in [0.1, 0.15) is 73.9 Å². The summed E-state index contributed by atoms with van der Waals surface area (Å²) >= 11 is 0. The SMILES string of the molecule is CC[C@H](Oc1cc(C)cc(C)c1)C(=O)N[C@@H](C)c1cc(C(C)C)c(OC)cc1C. The van der Waals surface area contributed by atoms with Crippen molar-refractivity contribution in [2.45, 2.75) is 73.0 Å². The van der Waals surface area contributed by atoms with Crippen LogP contribution in [0.3, 0.4) is 0 Å². The molecule has 0 aromatic heterocycles. The fourth-order valence-corrected chi connectivity index (χ4v) is 3.68. The van der Waals surface area contributed by atoms with Gasteiger partial charge in [-0.2, -0.15) is 0 Å². The van der Waals surface area contributed by atoms with Crippen molar-refractivity contribution < 1.29 is 14.3 Å². The Kier molecular flexibility index (Phi) is 7.72. The number of amides is 1. The zero-order valence-electron chi connectivity index (χ0n) is 19.1. The summed E-state index contributed by atoms with van der Waals surface area (Å²) in [5, 5.41) is 3.14. The Morgan fingerprint density at radius 3 is 2.10 bits per heavy atom. The first-order valence-electron chi connectivity index (χ1n) is 10.4. The second-order valence-electron chi connectivity index (χ2n) is 8.17.